The van der Waals surface area contributed by atoms with Gasteiger partial charge in [0, 0.05) is 0 Å². The van der Waals surface area contributed by atoms with Gasteiger partial charge in [0.05, 0.1) is 0 Å². The predicted molar refractivity (Wildman–Crippen MR) is 81.3 cm³/mol. The Morgan fingerprint density at radius 3 is 1.47 bits per heavy atom. The first-order chi connectivity index (χ1) is 8.26. The van der Waals surface area contributed by atoms with Crippen LogP contribution in [0.4, 0.5) is 4.39 Å². The van der Waals surface area contributed by atoms with Crippen LogP contribution in [0.1, 0.15) is 79.0 Å². The number of rotatable bonds is 0. The van der Waals surface area contributed by atoms with Crippen molar-refractivity contribution >= 4 is 0 Å². The fourth-order valence-electron chi connectivity index (χ4n) is 2.60. The van der Waals surface area contributed by atoms with Gasteiger partial charge in [-0.15, -0.1) is 0 Å². The smallest absolute Gasteiger partial charge is 0.127 e. The Balaban J connectivity index is 3.82. The van der Waals surface area contributed by atoms with Gasteiger partial charge in [-0.25, -0.2) is 4.39 Å². The van der Waals surface area contributed by atoms with E-state index in [1.165, 1.54) is 6.07 Å². The van der Waals surface area contributed by atoms with Crippen LogP contribution >= 0.6 is 0 Å². The van der Waals surface area contributed by atoms with Gasteiger partial charge in [0.15, 0.2) is 0 Å². The molecule has 1 heteroatoms. The summed E-state index contributed by atoms with van der Waals surface area (Å²) in [4.78, 5) is 0. The average molecular weight is 263 g/mol. The van der Waals surface area contributed by atoms with E-state index in [0.717, 1.165) is 16.7 Å². The molecule has 0 aliphatic rings. The molecule has 1 aromatic carbocycles. The van der Waals surface area contributed by atoms with Crippen molar-refractivity contribution in [3.05, 3.63) is 34.6 Å². The molecule has 0 aromatic heterocycles. The number of hydrogen-bond donors (Lipinski definition) is 0. The first kappa shape index (κ1) is 16.2. The van der Waals surface area contributed by atoms with Crippen molar-refractivity contribution in [1.29, 1.82) is 0 Å². The number of hydrogen-bond acceptors (Lipinski definition) is 0. The highest BCUT2D eigenvalue weighted by molar-refractivity contribution is 5.46. The molecule has 0 N–H and O–H groups in total. The third-order valence-electron chi connectivity index (χ3n) is 3.33. The van der Waals surface area contributed by atoms with Gasteiger partial charge >= 0.3 is 0 Å². The molecule has 0 aliphatic carbocycles. The van der Waals surface area contributed by atoms with Gasteiger partial charge in [-0.05, 0) is 45.1 Å². The summed E-state index contributed by atoms with van der Waals surface area (Å²) in [7, 11) is 0. The van der Waals surface area contributed by atoms with Crippen molar-refractivity contribution in [3.63, 3.8) is 0 Å². The van der Waals surface area contributed by atoms with E-state index in [-0.39, 0.29) is 22.1 Å². The molecule has 0 amide bonds. The van der Waals surface area contributed by atoms with Crippen LogP contribution in [0.15, 0.2) is 6.07 Å². The molecular formula is C18H28F. The Morgan fingerprint density at radius 1 is 0.737 bits per heavy atom. The Hall–Kier alpha value is -0.850. The van der Waals surface area contributed by atoms with Crippen LogP contribution in [0.25, 0.3) is 0 Å². The van der Waals surface area contributed by atoms with Gasteiger partial charge in [0.25, 0.3) is 0 Å². The molecular weight excluding hydrogens is 235 g/mol. The molecule has 1 radical (unpaired) electrons. The molecule has 0 nitrogen and oxygen atoms in total. The second kappa shape index (κ2) is 4.61. The maximum atomic E-state index is 14.4. The van der Waals surface area contributed by atoms with E-state index in [1.807, 2.05) is 0 Å². The second-order valence-electron chi connectivity index (χ2n) is 8.51. The zero-order valence-corrected chi connectivity index (χ0v) is 14.0. The van der Waals surface area contributed by atoms with E-state index < -0.39 is 0 Å². The predicted octanol–water partition coefficient (Wildman–Crippen LogP) is 5.52. The molecule has 0 atom stereocenters. The lowest BCUT2D eigenvalue weighted by atomic mass is 9.68. The second-order valence-corrected chi connectivity index (χ2v) is 8.51. The van der Waals surface area contributed by atoms with Gasteiger partial charge < -0.3 is 0 Å². The summed E-state index contributed by atoms with van der Waals surface area (Å²) in [6.45, 7) is 19.2. The highest BCUT2D eigenvalue weighted by atomic mass is 19.1. The SMILES string of the molecule is CC(C)(C)c1[c]cc(F)c(C(C)(C)C)c1C(C)(C)C. The van der Waals surface area contributed by atoms with Gasteiger partial charge in [-0.3, -0.25) is 0 Å². The van der Waals surface area contributed by atoms with Gasteiger partial charge in [-0.2, -0.15) is 0 Å². The maximum Gasteiger partial charge on any atom is 0.127 e. The van der Waals surface area contributed by atoms with Crippen LogP contribution in [0, 0.1) is 11.9 Å². The molecule has 0 unspecified atom stereocenters. The van der Waals surface area contributed by atoms with Crippen LogP contribution in [0.5, 0.6) is 0 Å². The fraction of sp³-hybridized carbons (Fsp3) is 0.667. The Labute approximate surface area is 118 Å². The van der Waals surface area contributed by atoms with Crippen molar-refractivity contribution in [3.8, 4) is 0 Å². The average Bonchev–Trinajstić information content (AvgIpc) is 2.11. The van der Waals surface area contributed by atoms with E-state index in [9.17, 15) is 4.39 Å². The van der Waals surface area contributed by atoms with Gasteiger partial charge in [0.2, 0.25) is 0 Å². The van der Waals surface area contributed by atoms with Crippen LogP contribution < -0.4 is 0 Å². The van der Waals surface area contributed by atoms with E-state index in [4.69, 9.17) is 0 Å². The summed E-state index contributed by atoms with van der Waals surface area (Å²) < 4.78 is 14.4. The number of benzene rings is 1. The lowest BCUT2D eigenvalue weighted by molar-refractivity contribution is 0.467. The molecule has 0 bridgehead atoms. The lowest BCUT2D eigenvalue weighted by Crippen LogP contribution is -2.29. The summed E-state index contributed by atoms with van der Waals surface area (Å²) in [5, 5.41) is 0. The highest BCUT2D eigenvalue weighted by Gasteiger charge is 2.33. The molecule has 0 aliphatic heterocycles. The first-order valence-corrected chi connectivity index (χ1v) is 7.02. The lowest BCUT2D eigenvalue weighted by Gasteiger charge is -2.36. The normalized spacial score (nSPS) is 13.8. The Morgan fingerprint density at radius 2 is 1.16 bits per heavy atom. The molecule has 107 valence electrons. The van der Waals surface area contributed by atoms with Crippen LogP contribution in [0.3, 0.4) is 0 Å². The molecule has 0 saturated carbocycles. The topological polar surface area (TPSA) is 0 Å². The first-order valence-electron chi connectivity index (χ1n) is 7.02. The minimum absolute atomic E-state index is 0.0314. The van der Waals surface area contributed by atoms with Gasteiger partial charge in [-0.1, -0.05) is 62.3 Å². The Kier molecular flexibility index (Phi) is 3.93. The van der Waals surface area contributed by atoms with E-state index in [0.29, 0.717) is 0 Å². The highest BCUT2D eigenvalue weighted by Crippen LogP contribution is 2.41. The van der Waals surface area contributed by atoms with E-state index in [2.05, 4.69) is 68.4 Å². The maximum absolute atomic E-state index is 14.4. The van der Waals surface area contributed by atoms with E-state index >= 15 is 0 Å². The summed E-state index contributed by atoms with van der Waals surface area (Å²) >= 11 is 0. The largest absolute Gasteiger partial charge is 0.207 e. The summed E-state index contributed by atoms with van der Waals surface area (Å²) in [5.74, 6) is -0.134. The molecule has 0 spiro atoms. The van der Waals surface area contributed by atoms with Crippen molar-refractivity contribution in [2.45, 2.75) is 78.6 Å². The molecule has 1 aromatic rings. The third-order valence-corrected chi connectivity index (χ3v) is 3.33. The van der Waals surface area contributed by atoms with Crippen molar-refractivity contribution in [1.82, 2.24) is 0 Å². The van der Waals surface area contributed by atoms with Crippen molar-refractivity contribution < 1.29 is 4.39 Å². The van der Waals surface area contributed by atoms with E-state index in [1.54, 1.807) is 0 Å². The molecule has 0 heterocycles. The monoisotopic (exact) mass is 263 g/mol. The van der Waals surface area contributed by atoms with Crippen molar-refractivity contribution in [2.24, 2.45) is 0 Å². The van der Waals surface area contributed by atoms with Crippen LogP contribution in [-0.2, 0) is 16.2 Å². The Bertz CT molecular complexity index is 462. The van der Waals surface area contributed by atoms with Crippen LogP contribution in [-0.4, -0.2) is 0 Å². The summed E-state index contributed by atoms with van der Waals surface area (Å²) in [6.07, 6.45) is 0. The third kappa shape index (κ3) is 3.38. The zero-order chi connectivity index (χ0) is 15.2. The molecule has 0 saturated heterocycles. The number of halogens is 1. The minimum atomic E-state index is -0.207. The van der Waals surface area contributed by atoms with Crippen LogP contribution in [0.2, 0.25) is 0 Å². The summed E-state index contributed by atoms with van der Waals surface area (Å²) in [6, 6.07) is 4.70. The van der Waals surface area contributed by atoms with Crippen molar-refractivity contribution in [2.75, 3.05) is 0 Å². The van der Waals surface area contributed by atoms with Gasteiger partial charge in [0.1, 0.15) is 5.82 Å². The molecule has 19 heavy (non-hydrogen) atoms. The molecule has 1 rings (SSSR count). The molecule has 0 fully saturated rings. The quantitative estimate of drug-likeness (QED) is 0.578. The summed E-state index contributed by atoms with van der Waals surface area (Å²) in [5.41, 5.74) is 2.75. The minimum Gasteiger partial charge on any atom is -0.207 e. The zero-order valence-electron chi connectivity index (χ0n) is 14.0. The standard InChI is InChI=1S/C18H28F/c1-16(2,3)12-10-11-13(19)15(18(7,8)9)14(12)17(4,5)6/h11H,1-9H3. The fourth-order valence-corrected chi connectivity index (χ4v) is 2.60.